The SMILES string of the molecule is COCc1cc(/C=C2\C(=O)Nc3ccc(F)cc32)[se]c1C. The Morgan fingerprint density at radius 2 is 2.19 bits per heavy atom. The summed E-state index contributed by atoms with van der Waals surface area (Å²) >= 11 is 0.192. The second kappa shape index (κ2) is 5.60. The molecule has 3 rings (SSSR count). The molecule has 21 heavy (non-hydrogen) atoms. The van der Waals surface area contributed by atoms with E-state index in [9.17, 15) is 9.18 Å². The first-order valence-corrected chi connectivity index (χ1v) is 8.21. The summed E-state index contributed by atoms with van der Waals surface area (Å²) < 4.78 is 21.0. The Morgan fingerprint density at radius 3 is 2.95 bits per heavy atom. The summed E-state index contributed by atoms with van der Waals surface area (Å²) in [6.45, 7) is 2.66. The van der Waals surface area contributed by atoms with Gasteiger partial charge >= 0.3 is 128 Å². The first-order chi connectivity index (χ1) is 10.1. The number of carbonyl (C=O) groups is 1. The molecular weight excluding hydrogens is 336 g/mol. The Bertz CT molecular complexity index is 749. The topological polar surface area (TPSA) is 38.3 Å². The van der Waals surface area contributed by atoms with Crippen molar-refractivity contribution in [3.8, 4) is 0 Å². The predicted octanol–water partition coefficient (Wildman–Crippen LogP) is 2.83. The van der Waals surface area contributed by atoms with Crippen LogP contribution in [0.15, 0.2) is 24.3 Å². The number of aryl methyl sites for hydroxylation is 1. The van der Waals surface area contributed by atoms with E-state index < -0.39 is 0 Å². The van der Waals surface area contributed by atoms with Gasteiger partial charge in [-0.3, -0.25) is 0 Å². The van der Waals surface area contributed by atoms with E-state index >= 15 is 0 Å². The summed E-state index contributed by atoms with van der Waals surface area (Å²) in [5, 5.41) is 2.76. The predicted molar refractivity (Wildman–Crippen MR) is 81.7 cm³/mol. The van der Waals surface area contributed by atoms with Crippen LogP contribution < -0.4 is 5.32 Å². The molecule has 0 atom stereocenters. The first kappa shape index (κ1) is 14.3. The molecule has 1 aliphatic rings. The van der Waals surface area contributed by atoms with Gasteiger partial charge in [-0.15, -0.1) is 0 Å². The molecule has 108 valence electrons. The van der Waals surface area contributed by atoms with Gasteiger partial charge in [0.05, 0.1) is 0 Å². The summed E-state index contributed by atoms with van der Waals surface area (Å²) in [5.74, 6) is -0.512. The van der Waals surface area contributed by atoms with Crippen molar-refractivity contribution in [1.29, 1.82) is 0 Å². The Kier molecular flexibility index (Phi) is 3.81. The molecule has 1 aromatic heterocycles. The monoisotopic (exact) mass is 351 g/mol. The third-order valence-corrected chi connectivity index (χ3v) is 5.57. The molecule has 0 spiro atoms. The van der Waals surface area contributed by atoms with Crippen molar-refractivity contribution in [1.82, 2.24) is 0 Å². The Labute approximate surface area is 128 Å². The van der Waals surface area contributed by atoms with Crippen LogP contribution in [0, 0.1) is 12.7 Å². The fourth-order valence-electron chi connectivity index (χ4n) is 2.36. The Hall–Kier alpha value is -1.68. The van der Waals surface area contributed by atoms with Gasteiger partial charge in [-0.1, -0.05) is 0 Å². The second-order valence-electron chi connectivity index (χ2n) is 4.87. The van der Waals surface area contributed by atoms with Crippen LogP contribution in [0.2, 0.25) is 0 Å². The molecule has 0 saturated carbocycles. The number of hydrogen-bond donors (Lipinski definition) is 1. The molecule has 0 radical (unpaired) electrons. The number of anilines is 1. The summed E-state index contributed by atoms with van der Waals surface area (Å²) in [6, 6.07) is 6.41. The second-order valence-corrected chi connectivity index (χ2v) is 7.57. The van der Waals surface area contributed by atoms with Crippen molar-refractivity contribution >= 4 is 37.7 Å². The van der Waals surface area contributed by atoms with E-state index in [-0.39, 0.29) is 26.2 Å². The third kappa shape index (κ3) is 2.72. The molecule has 0 saturated heterocycles. The van der Waals surface area contributed by atoms with E-state index in [1.807, 2.05) is 6.08 Å². The number of carbonyl (C=O) groups excluding carboxylic acids is 1. The van der Waals surface area contributed by atoms with Gasteiger partial charge in [-0.2, -0.15) is 0 Å². The molecule has 1 amide bonds. The number of hydrogen-bond acceptors (Lipinski definition) is 2. The van der Waals surface area contributed by atoms with Gasteiger partial charge in [0.15, 0.2) is 0 Å². The zero-order valence-electron chi connectivity index (χ0n) is 11.7. The quantitative estimate of drug-likeness (QED) is 0.683. The maximum absolute atomic E-state index is 13.4. The zero-order valence-corrected chi connectivity index (χ0v) is 13.4. The zero-order chi connectivity index (χ0) is 15.0. The summed E-state index contributed by atoms with van der Waals surface area (Å²) in [7, 11) is 1.67. The van der Waals surface area contributed by atoms with Crippen LogP contribution >= 0.6 is 0 Å². The number of ether oxygens (including phenoxy) is 1. The van der Waals surface area contributed by atoms with Crippen molar-refractivity contribution in [2.45, 2.75) is 13.5 Å². The van der Waals surface area contributed by atoms with Crippen LogP contribution in [-0.2, 0) is 16.1 Å². The number of fused-ring (bicyclic) bond motifs is 1. The van der Waals surface area contributed by atoms with Crippen molar-refractivity contribution in [3.63, 3.8) is 0 Å². The molecule has 2 aromatic rings. The third-order valence-electron chi connectivity index (χ3n) is 3.39. The molecule has 0 bridgehead atoms. The van der Waals surface area contributed by atoms with Crippen LogP contribution in [0.3, 0.4) is 0 Å². The Balaban J connectivity index is 2.02. The van der Waals surface area contributed by atoms with Crippen LogP contribution in [-0.4, -0.2) is 27.5 Å². The van der Waals surface area contributed by atoms with E-state index in [1.165, 1.54) is 22.1 Å². The normalized spacial score (nSPS) is 15.4. The molecule has 0 aliphatic carbocycles. The number of rotatable bonds is 3. The van der Waals surface area contributed by atoms with Gasteiger partial charge < -0.3 is 0 Å². The average Bonchev–Trinajstić information content (AvgIpc) is 2.93. The molecule has 3 nitrogen and oxygen atoms in total. The van der Waals surface area contributed by atoms with Gasteiger partial charge in [0, 0.05) is 0 Å². The number of amides is 1. The number of methoxy groups -OCH3 is 1. The summed E-state index contributed by atoms with van der Waals surface area (Å²) in [4.78, 5) is 12.1. The van der Waals surface area contributed by atoms with Crippen LogP contribution in [0.25, 0.3) is 11.6 Å². The molecule has 2 heterocycles. The minimum absolute atomic E-state index is 0.176. The Morgan fingerprint density at radius 1 is 1.38 bits per heavy atom. The van der Waals surface area contributed by atoms with Crippen molar-refractivity contribution < 1.29 is 13.9 Å². The van der Waals surface area contributed by atoms with E-state index in [4.69, 9.17) is 4.74 Å². The van der Waals surface area contributed by atoms with E-state index in [1.54, 1.807) is 13.2 Å². The molecule has 5 heteroatoms. The number of nitrogens with one attached hydrogen (secondary N) is 1. The molecule has 1 aliphatic heterocycles. The van der Waals surface area contributed by atoms with Crippen molar-refractivity contribution in [2.24, 2.45) is 0 Å². The molecular formula is C16H14FNO2Se. The van der Waals surface area contributed by atoms with Crippen LogP contribution in [0.4, 0.5) is 10.1 Å². The number of halogens is 1. The van der Waals surface area contributed by atoms with E-state index in [0.717, 1.165) is 4.44 Å². The van der Waals surface area contributed by atoms with Gasteiger partial charge in [-0.25, -0.2) is 0 Å². The molecule has 1 N–H and O–H groups in total. The molecule has 0 unspecified atom stereocenters. The van der Waals surface area contributed by atoms with Crippen LogP contribution in [0.5, 0.6) is 0 Å². The summed E-state index contributed by atoms with van der Waals surface area (Å²) in [5.41, 5.74) is 3.00. The van der Waals surface area contributed by atoms with Gasteiger partial charge in [0.2, 0.25) is 0 Å². The average molecular weight is 350 g/mol. The number of benzene rings is 1. The fourth-order valence-corrected chi connectivity index (χ4v) is 4.42. The fraction of sp³-hybridized carbons (Fsp3) is 0.188. The first-order valence-electron chi connectivity index (χ1n) is 6.49. The standard InChI is InChI=1S/C16H14FNO2Se/c1-9-10(8-20-2)5-12(21-9)7-14-13-6-11(17)3-4-15(13)18-16(14)19/h3-7H,8H2,1-2H3,(H,18,19)/b14-7-. The summed E-state index contributed by atoms with van der Waals surface area (Å²) in [6.07, 6.45) is 1.87. The van der Waals surface area contributed by atoms with Gasteiger partial charge in [0.1, 0.15) is 0 Å². The van der Waals surface area contributed by atoms with E-state index in [0.29, 0.717) is 23.4 Å². The molecule has 1 aromatic carbocycles. The van der Waals surface area contributed by atoms with Crippen molar-refractivity contribution in [3.05, 3.63) is 50.1 Å². The van der Waals surface area contributed by atoms with Gasteiger partial charge in [-0.05, 0) is 0 Å². The van der Waals surface area contributed by atoms with Gasteiger partial charge in [0.25, 0.3) is 0 Å². The maximum atomic E-state index is 13.4. The van der Waals surface area contributed by atoms with E-state index in [2.05, 4.69) is 18.3 Å². The van der Waals surface area contributed by atoms with Crippen molar-refractivity contribution in [2.75, 3.05) is 12.4 Å². The molecule has 0 fully saturated rings. The van der Waals surface area contributed by atoms with Crippen LogP contribution in [0.1, 0.15) is 20.0 Å². The minimum atomic E-state index is -0.337.